The molecule has 5 rings (SSSR count). The van der Waals surface area contributed by atoms with Gasteiger partial charge in [-0.2, -0.15) is 5.10 Å². The molecular formula is C27H32FN5O3. The lowest BCUT2D eigenvalue weighted by Crippen LogP contribution is -2.55. The Bertz CT molecular complexity index is 1250. The SMILES string of the molecule is CCc1cc(-c2ccc(F)cc2)nn2cc(C(=O)N3CCN(C(=O)CC4CCOCC4)C(C)C3)nc12. The van der Waals surface area contributed by atoms with Crippen LogP contribution in [-0.4, -0.2) is 75.1 Å². The molecule has 0 spiro atoms. The highest BCUT2D eigenvalue weighted by atomic mass is 19.1. The number of imidazole rings is 1. The third-order valence-electron chi connectivity index (χ3n) is 7.28. The summed E-state index contributed by atoms with van der Waals surface area (Å²) in [7, 11) is 0. The molecule has 1 atom stereocenters. The van der Waals surface area contributed by atoms with Crippen LogP contribution in [0, 0.1) is 11.7 Å². The molecule has 36 heavy (non-hydrogen) atoms. The summed E-state index contributed by atoms with van der Waals surface area (Å²) in [4.78, 5) is 34.6. The molecule has 0 aliphatic carbocycles. The number of aromatic nitrogens is 3. The monoisotopic (exact) mass is 493 g/mol. The van der Waals surface area contributed by atoms with Crippen molar-refractivity contribution < 1.29 is 18.7 Å². The van der Waals surface area contributed by atoms with Crippen LogP contribution in [0.3, 0.4) is 0 Å². The average Bonchev–Trinajstić information content (AvgIpc) is 3.33. The van der Waals surface area contributed by atoms with E-state index in [4.69, 9.17) is 4.74 Å². The summed E-state index contributed by atoms with van der Waals surface area (Å²) in [6.45, 7) is 6.96. The molecule has 0 radical (unpaired) electrons. The van der Waals surface area contributed by atoms with Crippen molar-refractivity contribution in [1.29, 1.82) is 0 Å². The molecule has 2 amide bonds. The van der Waals surface area contributed by atoms with E-state index in [2.05, 4.69) is 10.1 Å². The van der Waals surface area contributed by atoms with Crippen molar-refractivity contribution >= 4 is 17.5 Å². The van der Waals surface area contributed by atoms with Crippen molar-refractivity contribution in [2.24, 2.45) is 5.92 Å². The Kier molecular flexibility index (Phi) is 7.00. The van der Waals surface area contributed by atoms with Gasteiger partial charge in [-0.25, -0.2) is 13.9 Å². The second kappa shape index (κ2) is 10.3. The van der Waals surface area contributed by atoms with Crippen molar-refractivity contribution in [3.8, 4) is 11.3 Å². The van der Waals surface area contributed by atoms with Crippen LogP contribution in [0.4, 0.5) is 4.39 Å². The van der Waals surface area contributed by atoms with Crippen LogP contribution in [0.1, 0.15) is 49.2 Å². The van der Waals surface area contributed by atoms with Gasteiger partial charge in [0.1, 0.15) is 11.5 Å². The Morgan fingerprint density at radius 3 is 2.58 bits per heavy atom. The zero-order valence-electron chi connectivity index (χ0n) is 20.8. The van der Waals surface area contributed by atoms with Gasteiger partial charge in [-0.3, -0.25) is 9.59 Å². The topological polar surface area (TPSA) is 80.0 Å². The van der Waals surface area contributed by atoms with Gasteiger partial charge in [0, 0.05) is 50.9 Å². The lowest BCUT2D eigenvalue weighted by molar-refractivity contribution is -0.137. The number of hydrogen-bond donors (Lipinski definition) is 0. The van der Waals surface area contributed by atoms with Crippen molar-refractivity contribution in [2.45, 2.75) is 45.6 Å². The summed E-state index contributed by atoms with van der Waals surface area (Å²) < 4.78 is 20.4. The van der Waals surface area contributed by atoms with Crippen LogP contribution in [0.5, 0.6) is 0 Å². The van der Waals surface area contributed by atoms with E-state index in [0.717, 1.165) is 43.6 Å². The largest absolute Gasteiger partial charge is 0.381 e. The minimum Gasteiger partial charge on any atom is -0.381 e. The first kappa shape index (κ1) is 24.4. The first-order valence-corrected chi connectivity index (χ1v) is 12.7. The van der Waals surface area contributed by atoms with Crippen LogP contribution < -0.4 is 0 Å². The number of carbonyl (C=O) groups is 2. The van der Waals surface area contributed by atoms with E-state index < -0.39 is 0 Å². The fraction of sp³-hybridized carbons (Fsp3) is 0.481. The molecule has 190 valence electrons. The first-order valence-electron chi connectivity index (χ1n) is 12.7. The molecular weight excluding hydrogens is 461 g/mol. The maximum absolute atomic E-state index is 13.4. The predicted octanol–water partition coefficient (Wildman–Crippen LogP) is 3.59. The highest BCUT2D eigenvalue weighted by Crippen LogP contribution is 2.24. The minimum absolute atomic E-state index is 0.0542. The summed E-state index contributed by atoms with van der Waals surface area (Å²) in [5.41, 5.74) is 3.43. The van der Waals surface area contributed by atoms with Crippen molar-refractivity contribution in [1.82, 2.24) is 24.4 Å². The van der Waals surface area contributed by atoms with E-state index in [1.165, 1.54) is 12.1 Å². The summed E-state index contributed by atoms with van der Waals surface area (Å²) >= 11 is 0. The maximum Gasteiger partial charge on any atom is 0.274 e. The number of ether oxygens (including phenoxy) is 1. The summed E-state index contributed by atoms with van der Waals surface area (Å²) in [6, 6.07) is 8.08. The maximum atomic E-state index is 13.4. The Labute approximate surface area is 210 Å². The average molecular weight is 494 g/mol. The number of aryl methyl sites for hydroxylation is 1. The number of carbonyl (C=O) groups excluding carboxylic acids is 2. The normalized spacial score (nSPS) is 19.1. The Morgan fingerprint density at radius 2 is 1.89 bits per heavy atom. The van der Waals surface area contributed by atoms with Crippen LogP contribution >= 0.6 is 0 Å². The van der Waals surface area contributed by atoms with Gasteiger partial charge in [-0.15, -0.1) is 0 Å². The number of rotatable bonds is 5. The second-order valence-corrected chi connectivity index (χ2v) is 9.76. The third-order valence-corrected chi connectivity index (χ3v) is 7.28. The molecule has 0 bridgehead atoms. The molecule has 2 fully saturated rings. The molecule has 8 nitrogen and oxygen atoms in total. The van der Waals surface area contributed by atoms with Gasteiger partial charge in [0.05, 0.1) is 11.9 Å². The molecule has 3 aromatic rings. The van der Waals surface area contributed by atoms with Crippen molar-refractivity contribution in [3.05, 3.63) is 53.6 Å². The van der Waals surface area contributed by atoms with E-state index >= 15 is 0 Å². The van der Waals surface area contributed by atoms with Crippen LogP contribution in [-0.2, 0) is 16.0 Å². The standard InChI is InChI=1S/C27H32FN5O3/c1-3-20-15-23(21-4-6-22(28)7-5-21)30-33-17-24(29-26(20)33)27(35)31-10-11-32(18(2)16-31)25(34)14-19-8-12-36-13-9-19/h4-7,15,17-19H,3,8-14,16H2,1-2H3. The number of nitrogens with zero attached hydrogens (tertiary/aromatic N) is 5. The number of piperazine rings is 1. The van der Waals surface area contributed by atoms with Gasteiger partial charge in [0.2, 0.25) is 5.91 Å². The summed E-state index contributed by atoms with van der Waals surface area (Å²) in [6.07, 6.45) is 4.80. The van der Waals surface area contributed by atoms with Crippen molar-refractivity contribution in [3.63, 3.8) is 0 Å². The van der Waals surface area contributed by atoms with Gasteiger partial charge >= 0.3 is 0 Å². The highest BCUT2D eigenvalue weighted by molar-refractivity contribution is 5.93. The number of halogens is 1. The van der Waals surface area contributed by atoms with Gasteiger partial charge in [0.25, 0.3) is 5.91 Å². The Balaban J connectivity index is 1.30. The second-order valence-electron chi connectivity index (χ2n) is 9.76. The molecule has 2 aromatic heterocycles. The van der Waals surface area contributed by atoms with Gasteiger partial charge in [0.15, 0.2) is 5.65 Å². The number of hydrogen-bond acceptors (Lipinski definition) is 5. The van der Waals surface area contributed by atoms with Gasteiger partial charge < -0.3 is 14.5 Å². The smallest absolute Gasteiger partial charge is 0.274 e. The van der Waals surface area contributed by atoms with Crippen LogP contribution in [0.2, 0.25) is 0 Å². The van der Waals surface area contributed by atoms with E-state index in [0.29, 0.717) is 49.0 Å². The molecule has 0 N–H and O–H groups in total. The predicted molar refractivity (Wildman–Crippen MR) is 133 cm³/mol. The molecule has 9 heteroatoms. The zero-order chi connectivity index (χ0) is 25.2. The first-order chi connectivity index (χ1) is 17.4. The molecule has 1 aromatic carbocycles. The third kappa shape index (κ3) is 4.97. The van der Waals surface area contributed by atoms with Crippen LogP contribution in [0.25, 0.3) is 16.9 Å². The molecule has 2 aliphatic heterocycles. The van der Waals surface area contributed by atoms with E-state index in [1.807, 2.05) is 24.8 Å². The quantitative estimate of drug-likeness (QED) is 0.543. The van der Waals surface area contributed by atoms with Gasteiger partial charge in [-0.05, 0) is 68.0 Å². The fourth-order valence-electron chi connectivity index (χ4n) is 5.16. The number of amides is 2. The lowest BCUT2D eigenvalue weighted by Gasteiger charge is -2.40. The van der Waals surface area contributed by atoms with Crippen molar-refractivity contribution in [2.75, 3.05) is 32.8 Å². The lowest BCUT2D eigenvalue weighted by atomic mass is 9.95. The molecule has 4 heterocycles. The van der Waals surface area contributed by atoms with E-state index in [9.17, 15) is 14.0 Å². The summed E-state index contributed by atoms with van der Waals surface area (Å²) in [5.74, 6) is 0.0930. The molecule has 0 saturated carbocycles. The van der Waals surface area contributed by atoms with E-state index in [1.54, 1.807) is 27.7 Å². The number of benzene rings is 1. The Hall–Kier alpha value is -3.33. The zero-order valence-corrected chi connectivity index (χ0v) is 20.8. The molecule has 2 saturated heterocycles. The number of fused-ring (bicyclic) bond motifs is 1. The highest BCUT2D eigenvalue weighted by Gasteiger charge is 2.32. The van der Waals surface area contributed by atoms with E-state index in [-0.39, 0.29) is 23.7 Å². The molecule has 2 aliphatic rings. The fourth-order valence-corrected chi connectivity index (χ4v) is 5.16. The Morgan fingerprint density at radius 1 is 1.14 bits per heavy atom. The van der Waals surface area contributed by atoms with Gasteiger partial charge in [-0.1, -0.05) is 6.92 Å². The minimum atomic E-state index is -0.300. The van der Waals surface area contributed by atoms with Crippen LogP contribution in [0.15, 0.2) is 36.5 Å². The molecule has 1 unspecified atom stereocenters. The summed E-state index contributed by atoms with van der Waals surface area (Å²) in [5, 5.41) is 4.64.